The van der Waals surface area contributed by atoms with E-state index >= 15 is 0 Å². The predicted octanol–water partition coefficient (Wildman–Crippen LogP) is 1.93. The van der Waals surface area contributed by atoms with Gasteiger partial charge < -0.3 is 4.74 Å². The molecule has 0 bridgehead atoms. The highest BCUT2D eigenvalue weighted by molar-refractivity contribution is 7.92. The number of aryl methyl sites for hydroxylation is 2. The van der Waals surface area contributed by atoms with Crippen molar-refractivity contribution >= 4 is 15.8 Å². The van der Waals surface area contributed by atoms with E-state index in [1.165, 1.54) is 25.6 Å². The fraction of sp³-hybridized carbons (Fsp3) is 0.286. The van der Waals surface area contributed by atoms with E-state index in [0.29, 0.717) is 5.75 Å². The quantitative estimate of drug-likeness (QED) is 0.863. The van der Waals surface area contributed by atoms with E-state index in [1.54, 1.807) is 19.2 Å². The van der Waals surface area contributed by atoms with Gasteiger partial charge in [-0.25, -0.2) is 13.4 Å². The summed E-state index contributed by atoms with van der Waals surface area (Å²) in [6.07, 6.45) is 4.35. The third-order valence-electron chi connectivity index (χ3n) is 3.17. The Kier molecular flexibility index (Phi) is 4.13. The second kappa shape index (κ2) is 5.69. The van der Waals surface area contributed by atoms with Gasteiger partial charge in [-0.2, -0.15) is 0 Å². The second-order valence-electron chi connectivity index (χ2n) is 4.63. The third-order valence-corrected chi connectivity index (χ3v) is 4.91. The van der Waals surface area contributed by atoms with Gasteiger partial charge in [0.15, 0.2) is 5.82 Å². The fourth-order valence-corrected chi connectivity index (χ4v) is 3.42. The molecule has 2 rings (SSSR count). The molecule has 2 aromatic rings. The summed E-state index contributed by atoms with van der Waals surface area (Å²) in [6.45, 7) is 3.63. The summed E-state index contributed by atoms with van der Waals surface area (Å²) in [4.78, 5) is 8.10. The van der Waals surface area contributed by atoms with Gasteiger partial charge in [-0.15, -0.1) is 0 Å². The summed E-state index contributed by atoms with van der Waals surface area (Å²) < 4.78 is 31.7. The highest BCUT2D eigenvalue weighted by atomic mass is 32.2. The minimum absolute atomic E-state index is 0.200. The number of anilines is 1. The Labute approximate surface area is 124 Å². The molecule has 112 valence electrons. The van der Waals surface area contributed by atoms with E-state index in [1.807, 2.05) is 13.8 Å². The molecule has 0 unspecified atom stereocenters. The molecule has 0 aliphatic carbocycles. The van der Waals surface area contributed by atoms with Crippen molar-refractivity contribution in [2.75, 3.05) is 18.5 Å². The maximum Gasteiger partial charge on any atom is 0.265 e. The van der Waals surface area contributed by atoms with Crippen LogP contribution in [0.5, 0.6) is 5.75 Å². The van der Waals surface area contributed by atoms with Crippen LogP contribution in [0, 0.1) is 13.8 Å². The van der Waals surface area contributed by atoms with Gasteiger partial charge in [-0.05, 0) is 37.1 Å². The maximum absolute atomic E-state index is 12.7. The fourth-order valence-electron chi connectivity index (χ4n) is 2.12. The zero-order valence-corrected chi connectivity index (χ0v) is 13.2. The molecule has 0 N–H and O–H groups in total. The molecular formula is C14H17N3O3S. The van der Waals surface area contributed by atoms with E-state index in [-0.39, 0.29) is 10.7 Å². The highest BCUT2D eigenvalue weighted by Gasteiger charge is 2.24. The Morgan fingerprint density at radius 1 is 1.14 bits per heavy atom. The summed E-state index contributed by atoms with van der Waals surface area (Å²) in [7, 11) is -0.669. The van der Waals surface area contributed by atoms with Gasteiger partial charge >= 0.3 is 0 Å². The number of benzene rings is 1. The molecule has 7 heteroatoms. The summed E-state index contributed by atoms with van der Waals surface area (Å²) in [5.41, 5.74) is 1.53. The lowest BCUT2D eigenvalue weighted by atomic mass is 10.1. The van der Waals surface area contributed by atoms with Crippen molar-refractivity contribution in [1.82, 2.24) is 9.97 Å². The molecule has 0 amide bonds. The van der Waals surface area contributed by atoms with Crippen LogP contribution in [-0.4, -0.2) is 32.5 Å². The average Bonchev–Trinajstić information content (AvgIpc) is 2.47. The van der Waals surface area contributed by atoms with Crippen molar-refractivity contribution < 1.29 is 13.2 Å². The molecule has 0 saturated carbocycles. The van der Waals surface area contributed by atoms with Gasteiger partial charge in [0.2, 0.25) is 0 Å². The minimum atomic E-state index is -3.69. The van der Waals surface area contributed by atoms with Crippen LogP contribution >= 0.6 is 0 Å². The Bertz CT molecular complexity index is 722. The van der Waals surface area contributed by atoms with E-state index < -0.39 is 10.0 Å². The Balaban J connectivity index is 2.50. The topological polar surface area (TPSA) is 72.4 Å². The standard InChI is InChI=1S/C14H17N3O3S/c1-10-7-12(8-11(2)14(10)20-4)21(18,19)17(3)13-9-15-5-6-16-13/h5-9H,1-4H3. The molecule has 0 fully saturated rings. The molecule has 0 aliphatic rings. The SMILES string of the molecule is COc1c(C)cc(S(=O)(=O)N(C)c2cnccn2)cc1C. The van der Waals surface area contributed by atoms with Gasteiger partial charge in [0, 0.05) is 19.4 Å². The summed E-state index contributed by atoms with van der Waals surface area (Å²) in [5.74, 6) is 0.958. The van der Waals surface area contributed by atoms with Crippen LogP contribution in [0.1, 0.15) is 11.1 Å². The molecule has 1 heterocycles. The maximum atomic E-state index is 12.7. The van der Waals surface area contributed by atoms with Gasteiger partial charge in [-0.1, -0.05) is 0 Å². The molecule has 0 atom stereocenters. The van der Waals surface area contributed by atoms with Crippen LogP contribution in [-0.2, 0) is 10.0 Å². The second-order valence-corrected chi connectivity index (χ2v) is 6.60. The Hall–Kier alpha value is -2.15. The normalized spacial score (nSPS) is 11.2. The lowest BCUT2D eigenvalue weighted by Crippen LogP contribution is -2.27. The molecule has 0 spiro atoms. The van der Waals surface area contributed by atoms with Crippen molar-refractivity contribution in [3.63, 3.8) is 0 Å². The van der Waals surface area contributed by atoms with Crippen LogP contribution in [0.3, 0.4) is 0 Å². The van der Waals surface area contributed by atoms with E-state index in [2.05, 4.69) is 9.97 Å². The molecule has 0 aliphatic heterocycles. The number of hydrogen-bond acceptors (Lipinski definition) is 5. The van der Waals surface area contributed by atoms with Gasteiger partial charge in [0.1, 0.15) is 5.75 Å². The molecule has 0 saturated heterocycles. The van der Waals surface area contributed by atoms with E-state index in [0.717, 1.165) is 15.4 Å². The molecule has 0 radical (unpaired) electrons. The Morgan fingerprint density at radius 3 is 2.24 bits per heavy atom. The number of aromatic nitrogens is 2. The zero-order chi connectivity index (χ0) is 15.6. The summed E-state index contributed by atoms with van der Waals surface area (Å²) in [5, 5.41) is 0. The monoisotopic (exact) mass is 307 g/mol. The molecule has 21 heavy (non-hydrogen) atoms. The molecular weight excluding hydrogens is 290 g/mol. The molecule has 6 nitrogen and oxygen atoms in total. The highest BCUT2D eigenvalue weighted by Crippen LogP contribution is 2.28. The first-order chi connectivity index (χ1) is 9.87. The largest absolute Gasteiger partial charge is 0.496 e. The lowest BCUT2D eigenvalue weighted by molar-refractivity contribution is 0.408. The Morgan fingerprint density at radius 2 is 1.76 bits per heavy atom. The van der Waals surface area contributed by atoms with Crippen molar-refractivity contribution in [3.05, 3.63) is 41.9 Å². The summed E-state index contributed by atoms with van der Waals surface area (Å²) in [6, 6.07) is 3.18. The smallest absolute Gasteiger partial charge is 0.265 e. The van der Waals surface area contributed by atoms with Crippen LogP contribution in [0.25, 0.3) is 0 Å². The molecule has 1 aromatic carbocycles. The number of rotatable bonds is 4. The van der Waals surface area contributed by atoms with E-state index in [4.69, 9.17) is 4.74 Å². The van der Waals surface area contributed by atoms with Crippen molar-refractivity contribution in [3.8, 4) is 5.75 Å². The first kappa shape index (κ1) is 15.2. The van der Waals surface area contributed by atoms with Crippen molar-refractivity contribution in [1.29, 1.82) is 0 Å². The minimum Gasteiger partial charge on any atom is -0.496 e. The predicted molar refractivity (Wildman–Crippen MR) is 80.1 cm³/mol. The number of hydrogen-bond donors (Lipinski definition) is 0. The lowest BCUT2D eigenvalue weighted by Gasteiger charge is -2.19. The molecule has 1 aromatic heterocycles. The first-order valence-electron chi connectivity index (χ1n) is 6.28. The number of ether oxygens (including phenoxy) is 1. The van der Waals surface area contributed by atoms with Gasteiger partial charge in [0.25, 0.3) is 10.0 Å². The van der Waals surface area contributed by atoms with Crippen molar-refractivity contribution in [2.24, 2.45) is 0 Å². The van der Waals surface area contributed by atoms with Crippen LogP contribution < -0.4 is 9.04 Å². The van der Waals surface area contributed by atoms with Crippen LogP contribution in [0.2, 0.25) is 0 Å². The summed E-state index contributed by atoms with van der Waals surface area (Å²) >= 11 is 0. The van der Waals surface area contributed by atoms with Crippen LogP contribution in [0.4, 0.5) is 5.82 Å². The number of nitrogens with zero attached hydrogens (tertiary/aromatic N) is 3. The van der Waals surface area contributed by atoms with Crippen molar-refractivity contribution in [2.45, 2.75) is 18.7 Å². The average molecular weight is 307 g/mol. The van der Waals surface area contributed by atoms with E-state index in [9.17, 15) is 8.42 Å². The number of methoxy groups -OCH3 is 1. The van der Waals surface area contributed by atoms with Gasteiger partial charge in [0.05, 0.1) is 18.2 Å². The third kappa shape index (κ3) is 2.82. The van der Waals surface area contributed by atoms with Crippen LogP contribution in [0.15, 0.2) is 35.6 Å². The first-order valence-corrected chi connectivity index (χ1v) is 7.72. The number of sulfonamides is 1. The van der Waals surface area contributed by atoms with Gasteiger partial charge in [-0.3, -0.25) is 9.29 Å². The zero-order valence-electron chi connectivity index (χ0n) is 12.4.